The third kappa shape index (κ3) is 2.89. The highest BCUT2D eigenvalue weighted by Gasteiger charge is 2.12. The number of nitrogens with zero attached hydrogens (tertiary/aromatic N) is 2. The number of rotatable bonds is 3. The molecule has 3 nitrogen and oxygen atoms in total. The van der Waals surface area contributed by atoms with Gasteiger partial charge in [-0.05, 0) is 26.0 Å². The molecule has 0 spiro atoms. The summed E-state index contributed by atoms with van der Waals surface area (Å²) in [6.45, 7) is 3.77. The Morgan fingerprint density at radius 1 is 1.17 bits per heavy atom. The molecule has 0 amide bonds. The fourth-order valence-electron chi connectivity index (χ4n) is 1.42. The van der Waals surface area contributed by atoms with Gasteiger partial charge in [0.1, 0.15) is 16.0 Å². The predicted octanol–water partition coefficient (Wildman–Crippen LogP) is 3.71. The van der Waals surface area contributed by atoms with E-state index in [1.54, 1.807) is 6.92 Å². The van der Waals surface area contributed by atoms with Gasteiger partial charge in [0.2, 0.25) is 0 Å². The van der Waals surface area contributed by atoms with Crippen LogP contribution in [0.15, 0.2) is 34.2 Å². The van der Waals surface area contributed by atoms with Gasteiger partial charge < -0.3 is 0 Å². The van der Waals surface area contributed by atoms with Gasteiger partial charge in [-0.1, -0.05) is 41.1 Å². The molecule has 2 rings (SSSR count). The molecule has 5 heteroatoms. The number of carbonyl (C=O) groups excluding carboxylic acids is 1. The summed E-state index contributed by atoms with van der Waals surface area (Å²) in [5.41, 5.74) is 1.53. The fraction of sp³-hybridized carbons (Fsp3) is 0.154. The van der Waals surface area contributed by atoms with Crippen molar-refractivity contribution >= 4 is 29.6 Å². The zero-order valence-corrected chi connectivity index (χ0v) is 11.5. The molecule has 0 radical (unpaired) electrons. The third-order valence-electron chi connectivity index (χ3n) is 2.33. The minimum absolute atomic E-state index is 0.201. The van der Waals surface area contributed by atoms with Crippen LogP contribution >= 0.6 is 23.4 Å². The van der Waals surface area contributed by atoms with Gasteiger partial charge in [-0.25, -0.2) is 9.97 Å². The van der Waals surface area contributed by atoms with E-state index in [2.05, 4.69) is 9.97 Å². The van der Waals surface area contributed by atoms with E-state index in [9.17, 15) is 4.79 Å². The van der Waals surface area contributed by atoms with Crippen molar-refractivity contribution < 1.29 is 4.79 Å². The van der Waals surface area contributed by atoms with Gasteiger partial charge in [-0.2, -0.15) is 0 Å². The summed E-state index contributed by atoms with van der Waals surface area (Å²) in [4.78, 5) is 20.3. The largest absolute Gasteiger partial charge is 0.298 e. The second kappa shape index (κ2) is 5.50. The van der Waals surface area contributed by atoms with E-state index in [0.29, 0.717) is 22.7 Å². The van der Waals surface area contributed by atoms with E-state index in [1.807, 2.05) is 31.2 Å². The molecule has 0 unspecified atom stereocenters. The Labute approximate surface area is 115 Å². The number of hydrogen-bond acceptors (Lipinski definition) is 4. The van der Waals surface area contributed by atoms with E-state index < -0.39 is 0 Å². The van der Waals surface area contributed by atoms with Crippen molar-refractivity contribution in [3.05, 3.63) is 46.4 Å². The van der Waals surface area contributed by atoms with E-state index in [1.165, 1.54) is 17.3 Å². The molecule has 1 aromatic heterocycles. The van der Waals surface area contributed by atoms with Crippen molar-refractivity contribution in [3.63, 3.8) is 0 Å². The number of aldehydes is 1. The van der Waals surface area contributed by atoms with Crippen LogP contribution in [0.25, 0.3) is 0 Å². The summed E-state index contributed by atoms with van der Waals surface area (Å²) < 4.78 is 0. The van der Waals surface area contributed by atoms with E-state index >= 15 is 0 Å². The van der Waals surface area contributed by atoms with Gasteiger partial charge in [-0.3, -0.25) is 4.79 Å². The predicted molar refractivity (Wildman–Crippen MR) is 72.5 cm³/mol. The summed E-state index contributed by atoms with van der Waals surface area (Å²) >= 11 is 7.34. The Kier molecular flexibility index (Phi) is 3.99. The molecule has 0 aliphatic carbocycles. The average Bonchev–Trinajstić information content (AvgIpc) is 2.32. The maximum absolute atomic E-state index is 11.0. The van der Waals surface area contributed by atoms with Crippen LogP contribution in [0.1, 0.15) is 21.7 Å². The highest BCUT2D eigenvalue weighted by Crippen LogP contribution is 2.30. The van der Waals surface area contributed by atoms with Crippen LogP contribution in [0.3, 0.4) is 0 Å². The van der Waals surface area contributed by atoms with Gasteiger partial charge in [0, 0.05) is 4.90 Å². The van der Waals surface area contributed by atoms with Crippen LogP contribution in [-0.2, 0) is 0 Å². The lowest BCUT2D eigenvalue weighted by Gasteiger charge is -2.06. The lowest BCUT2D eigenvalue weighted by Crippen LogP contribution is -1.98. The van der Waals surface area contributed by atoms with Crippen molar-refractivity contribution in [1.82, 2.24) is 9.97 Å². The fourth-order valence-corrected chi connectivity index (χ4v) is 2.66. The van der Waals surface area contributed by atoms with Crippen LogP contribution < -0.4 is 0 Å². The Balaban J connectivity index is 2.39. The first-order valence-corrected chi connectivity index (χ1v) is 6.53. The molecule has 0 saturated heterocycles. The minimum Gasteiger partial charge on any atom is -0.298 e. The maximum Gasteiger partial charge on any atom is 0.155 e. The number of hydrogen-bond donors (Lipinski definition) is 0. The van der Waals surface area contributed by atoms with Crippen molar-refractivity contribution in [1.29, 1.82) is 0 Å². The highest BCUT2D eigenvalue weighted by atomic mass is 35.5. The number of aromatic nitrogens is 2. The van der Waals surface area contributed by atoms with E-state index in [-0.39, 0.29) is 5.15 Å². The Morgan fingerprint density at radius 3 is 2.44 bits per heavy atom. The number of benzene rings is 1. The van der Waals surface area contributed by atoms with Gasteiger partial charge in [0.25, 0.3) is 0 Å². The van der Waals surface area contributed by atoms with E-state index in [0.717, 1.165) is 4.90 Å². The molecule has 0 bridgehead atoms. The summed E-state index contributed by atoms with van der Waals surface area (Å²) in [6, 6.07) is 8.00. The van der Waals surface area contributed by atoms with Crippen LogP contribution in [-0.4, -0.2) is 16.3 Å². The van der Waals surface area contributed by atoms with Crippen LogP contribution in [0.4, 0.5) is 0 Å². The average molecular weight is 279 g/mol. The zero-order valence-electron chi connectivity index (χ0n) is 9.98. The number of carbonyl (C=O) groups is 1. The molecule has 92 valence electrons. The molecule has 0 saturated carbocycles. The third-order valence-corrected chi connectivity index (χ3v) is 3.63. The molecular formula is C13H11ClN2OS. The van der Waals surface area contributed by atoms with Crippen molar-refractivity contribution in [2.24, 2.45) is 0 Å². The molecule has 0 atom stereocenters. The number of halogens is 1. The molecule has 0 fully saturated rings. The quantitative estimate of drug-likeness (QED) is 0.634. The topological polar surface area (TPSA) is 42.9 Å². The van der Waals surface area contributed by atoms with Crippen molar-refractivity contribution in [3.8, 4) is 0 Å². The van der Waals surface area contributed by atoms with Crippen molar-refractivity contribution in [2.75, 3.05) is 0 Å². The first-order chi connectivity index (χ1) is 8.60. The maximum atomic E-state index is 11.0. The molecule has 18 heavy (non-hydrogen) atoms. The molecule has 2 aromatic rings. The monoisotopic (exact) mass is 278 g/mol. The Bertz CT molecular complexity index is 584. The summed E-state index contributed by atoms with van der Waals surface area (Å²) in [5.74, 6) is 0.556. The summed E-state index contributed by atoms with van der Waals surface area (Å²) in [6.07, 6.45) is 0.693. The lowest BCUT2D eigenvalue weighted by molar-refractivity contribution is 0.112. The van der Waals surface area contributed by atoms with Gasteiger partial charge >= 0.3 is 0 Å². The standard InChI is InChI=1S/C13H11ClN2OS/c1-8-3-5-10(6-4-8)18-13-11(7-17)12(14)15-9(2)16-13/h3-7H,1-2H3. The molecule has 0 aliphatic rings. The normalized spacial score (nSPS) is 10.4. The molecule has 1 heterocycles. The number of aryl methyl sites for hydroxylation is 2. The molecular weight excluding hydrogens is 268 g/mol. The zero-order chi connectivity index (χ0) is 13.1. The van der Waals surface area contributed by atoms with Gasteiger partial charge in [0.05, 0.1) is 5.56 Å². The SMILES string of the molecule is Cc1ccc(Sc2nc(C)nc(Cl)c2C=O)cc1. The summed E-state index contributed by atoms with van der Waals surface area (Å²) in [7, 11) is 0. The second-order valence-electron chi connectivity index (χ2n) is 3.81. The van der Waals surface area contributed by atoms with Crippen LogP contribution in [0.5, 0.6) is 0 Å². The molecule has 1 aromatic carbocycles. The minimum atomic E-state index is 0.201. The van der Waals surface area contributed by atoms with Crippen LogP contribution in [0.2, 0.25) is 5.15 Å². The van der Waals surface area contributed by atoms with Gasteiger partial charge in [-0.15, -0.1) is 0 Å². The summed E-state index contributed by atoms with van der Waals surface area (Å²) in [5, 5.41) is 0.790. The molecule has 0 aliphatic heterocycles. The highest BCUT2D eigenvalue weighted by molar-refractivity contribution is 7.99. The smallest absolute Gasteiger partial charge is 0.155 e. The van der Waals surface area contributed by atoms with Gasteiger partial charge in [0.15, 0.2) is 6.29 Å². The van der Waals surface area contributed by atoms with Crippen LogP contribution in [0, 0.1) is 13.8 Å². The first kappa shape index (κ1) is 13.1. The second-order valence-corrected chi connectivity index (χ2v) is 5.23. The Hall–Kier alpha value is -1.39. The first-order valence-electron chi connectivity index (χ1n) is 5.34. The van der Waals surface area contributed by atoms with Crippen molar-refractivity contribution in [2.45, 2.75) is 23.8 Å². The Morgan fingerprint density at radius 2 is 1.83 bits per heavy atom. The molecule has 0 N–H and O–H groups in total. The lowest BCUT2D eigenvalue weighted by atomic mass is 10.2. The van der Waals surface area contributed by atoms with E-state index in [4.69, 9.17) is 11.6 Å².